The molecule has 1 aliphatic heterocycles. The molecule has 1 N–H and O–H groups in total. The molecular formula is C21H20F3N7. The van der Waals surface area contributed by atoms with E-state index in [2.05, 4.69) is 21.9 Å². The molecule has 1 aliphatic rings. The fourth-order valence-corrected chi connectivity index (χ4v) is 3.23. The Kier molecular flexibility index (Phi) is 4.79. The topological polar surface area (TPSA) is 75.1 Å². The lowest BCUT2D eigenvalue weighted by Gasteiger charge is -2.28. The van der Waals surface area contributed by atoms with Gasteiger partial charge in [0.15, 0.2) is 5.84 Å². The molecule has 0 saturated heterocycles. The maximum atomic E-state index is 15.3. The molecule has 4 rings (SSSR count). The van der Waals surface area contributed by atoms with Crippen molar-refractivity contribution in [2.45, 2.75) is 25.8 Å². The van der Waals surface area contributed by atoms with E-state index < -0.39 is 23.1 Å². The highest BCUT2D eigenvalue weighted by Gasteiger charge is 2.44. The first-order chi connectivity index (χ1) is 14.6. The largest absolute Gasteiger partial charge is 0.334 e. The van der Waals surface area contributed by atoms with Gasteiger partial charge in [0.25, 0.3) is 0 Å². The van der Waals surface area contributed by atoms with Gasteiger partial charge in [-0.15, -0.1) is 0 Å². The Labute approximate surface area is 176 Å². The molecule has 0 aliphatic carbocycles. The molecule has 0 spiro atoms. The molecular weight excluding hydrogens is 407 g/mol. The summed E-state index contributed by atoms with van der Waals surface area (Å²) in [7, 11) is 1.57. The van der Waals surface area contributed by atoms with Gasteiger partial charge in [0.1, 0.15) is 5.82 Å². The van der Waals surface area contributed by atoms with E-state index in [1.165, 1.54) is 23.0 Å². The first kappa shape index (κ1) is 20.6. The number of alkyl halides is 2. The Morgan fingerprint density at radius 1 is 1.19 bits per heavy atom. The first-order valence-corrected chi connectivity index (χ1v) is 9.49. The van der Waals surface area contributed by atoms with Gasteiger partial charge in [-0.05, 0) is 38.1 Å². The van der Waals surface area contributed by atoms with Crippen LogP contribution in [0.15, 0.2) is 60.3 Å². The van der Waals surface area contributed by atoms with Crippen LogP contribution in [0.2, 0.25) is 0 Å². The standard InChI is InChI=1S/C21H20F3N7/c1-12(2)30-10-14(9-26-30)17-7-5-13(3)31(28-17)20(25)21(23,24)16-6-8-18-15(19(16)22)11-29(4)27-18/h5-12,25H,3H2,1-2,4H3. The van der Waals surface area contributed by atoms with Gasteiger partial charge in [0.2, 0.25) is 0 Å². The zero-order valence-electron chi connectivity index (χ0n) is 17.1. The fraction of sp³-hybridized carbons (Fsp3) is 0.238. The van der Waals surface area contributed by atoms with Crippen molar-refractivity contribution in [3.8, 4) is 0 Å². The van der Waals surface area contributed by atoms with E-state index in [4.69, 9.17) is 5.41 Å². The number of benzene rings is 1. The van der Waals surface area contributed by atoms with Gasteiger partial charge in [-0.25, -0.2) is 9.40 Å². The second-order valence-electron chi connectivity index (χ2n) is 7.51. The second kappa shape index (κ2) is 7.22. The van der Waals surface area contributed by atoms with Crippen molar-refractivity contribution in [1.82, 2.24) is 24.6 Å². The van der Waals surface area contributed by atoms with Crippen molar-refractivity contribution < 1.29 is 13.2 Å². The van der Waals surface area contributed by atoms with E-state index in [-0.39, 0.29) is 22.6 Å². The Morgan fingerprint density at radius 2 is 1.94 bits per heavy atom. The third-order valence-electron chi connectivity index (χ3n) is 4.93. The summed E-state index contributed by atoms with van der Waals surface area (Å²) in [6, 6.07) is 2.36. The predicted octanol–water partition coefficient (Wildman–Crippen LogP) is 4.35. The normalized spacial score (nSPS) is 14.6. The lowest BCUT2D eigenvalue weighted by molar-refractivity contribution is 0.0581. The Morgan fingerprint density at radius 3 is 2.61 bits per heavy atom. The van der Waals surface area contributed by atoms with Gasteiger partial charge in [0.05, 0.1) is 34.1 Å². The van der Waals surface area contributed by atoms with Crippen LogP contribution in [-0.4, -0.2) is 36.1 Å². The zero-order valence-corrected chi connectivity index (χ0v) is 17.1. The summed E-state index contributed by atoms with van der Waals surface area (Å²) in [5.74, 6) is -6.29. The van der Waals surface area contributed by atoms with Crippen molar-refractivity contribution in [1.29, 1.82) is 5.41 Å². The van der Waals surface area contributed by atoms with Crippen LogP contribution in [-0.2, 0) is 13.0 Å². The molecule has 0 bridgehead atoms. The minimum absolute atomic E-state index is 0.0462. The van der Waals surface area contributed by atoms with Crippen LogP contribution >= 0.6 is 0 Å². The molecule has 0 fully saturated rings. The van der Waals surface area contributed by atoms with Crippen LogP contribution in [0.3, 0.4) is 0 Å². The van der Waals surface area contributed by atoms with E-state index in [9.17, 15) is 4.39 Å². The molecule has 2 aromatic heterocycles. The number of halogens is 3. The Bertz CT molecular complexity index is 1260. The minimum Gasteiger partial charge on any atom is -0.281 e. The quantitative estimate of drug-likeness (QED) is 0.497. The second-order valence-corrected chi connectivity index (χ2v) is 7.51. The fourth-order valence-electron chi connectivity index (χ4n) is 3.23. The molecule has 3 heterocycles. The highest BCUT2D eigenvalue weighted by Crippen LogP contribution is 2.36. The van der Waals surface area contributed by atoms with Gasteiger partial charge in [-0.1, -0.05) is 6.58 Å². The number of hydrogen-bond donors (Lipinski definition) is 1. The molecule has 0 amide bonds. The van der Waals surface area contributed by atoms with Gasteiger partial charge >= 0.3 is 5.92 Å². The molecule has 3 aromatic rings. The lowest BCUT2D eigenvalue weighted by atomic mass is 10.0. The molecule has 10 heteroatoms. The zero-order chi connectivity index (χ0) is 22.5. The highest BCUT2D eigenvalue weighted by molar-refractivity contribution is 6.10. The number of amidine groups is 1. The van der Waals surface area contributed by atoms with Crippen molar-refractivity contribution in [3.63, 3.8) is 0 Å². The number of hydrogen-bond acceptors (Lipinski definition) is 4. The average Bonchev–Trinajstić information content (AvgIpc) is 3.35. The third-order valence-corrected chi connectivity index (χ3v) is 4.93. The highest BCUT2D eigenvalue weighted by atomic mass is 19.3. The number of hydrazone groups is 1. The van der Waals surface area contributed by atoms with Crippen molar-refractivity contribution >= 4 is 22.5 Å². The summed E-state index contributed by atoms with van der Waals surface area (Å²) in [6.07, 6.45) is 7.69. The Hall–Kier alpha value is -3.69. The van der Waals surface area contributed by atoms with Crippen LogP contribution < -0.4 is 0 Å². The SMILES string of the molecule is C=C1C=CC(c2cnn(C(C)C)c2)=NN1C(=N)C(F)(F)c1ccc2nn(C)cc2c1F. The molecule has 1 aromatic carbocycles. The summed E-state index contributed by atoms with van der Waals surface area (Å²) < 4.78 is 48.5. The average molecular weight is 427 g/mol. The van der Waals surface area contributed by atoms with E-state index in [1.54, 1.807) is 30.2 Å². The van der Waals surface area contributed by atoms with Gasteiger partial charge in [0, 0.05) is 31.0 Å². The van der Waals surface area contributed by atoms with Crippen LogP contribution in [0.5, 0.6) is 0 Å². The van der Waals surface area contributed by atoms with E-state index in [1.807, 2.05) is 13.8 Å². The van der Waals surface area contributed by atoms with Crippen LogP contribution in [0.25, 0.3) is 10.9 Å². The van der Waals surface area contributed by atoms with E-state index in [0.29, 0.717) is 11.3 Å². The minimum atomic E-state index is -3.96. The predicted molar refractivity (Wildman–Crippen MR) is 112 cm³/mol. The summed E-state index contributed by atoms with van der Waals surface area (Å²) in [4.78, 5) is 0. The van der Waals surface area contributed by atoms with Crippen LogP contribution in [0, 0.1) is 11.2 Å². The number of aryl methyl sites for hydroxylation is 1. The number of nitrogens with zero attached hydrogens (tertiary/aromatic N) is 6. The summed E-state index contributed by atoms with van der Waals surface area (Å²) in [6.45, 7) is 7.59. The van der Waals surface area contributed by atoms with E-state index >= 15 is 8.78 Å². The third kappa shape index (κ3) is 3.43. The monoisotopic (exact) mass is 427 g/mol. The molecule has 31 heavy (non-hydrogen) atoms. The molecule has 160 valence electrons. The van der Waals surface area contributed by atoms with Crippen LogP contribution in [0.1, 0.15) is 31.0 Å². The molecule has 0 radical (unpaired) electrons. The van der Waals surface area contributed by atoms with Crippen molar-refractivity contribution in [3.05, 3.63) is 72.1 Å². The number of allylic oxidation sites excluding steroid dienone is 2. The number of aromatic nitrogens is 4. The van der Waals surface area contributed by atoms with Gasteiger partial charge < -0.3 is 0 Å². The molecule has 0 saturated carbocycles. The maximum absolute atomic E-state index is 15.3. The molecule has 7 nitrogen and oxygen atoms in total. The van der Waals surface area contributed by atoms with Gasteiger partial charge in [-0.2, -0.15) is 24.1 Å². The number of nitrogens with one attached hydrogen (secondary N) is 1. The number of fused-ring (bicyclic) bond motifs is 1. The summed E-state index contributed by atoms with van der Waals surface area (Å²) >= 11 is 0. The van der Waals surface area contributed by atoms with Crippen LogP contribution in [0.4, 0.5) is 13.2 Å². The first-order valence-electron chi connectivity index (χ1n) is 9.49. The maximum Gasteiger partial charge on any atom is 0.334 e. The van der Waals surface area contributed by atoms with Gasteiger partial charge in [-0.3, -0.25) is 14.8 Å². The Balaban J connectivity index is 1.71. The van der Waals surface area contributed by atoms with Crippen molar-refractivity contribution in [2.75, 3.05) is 0 Å². The summed E-state index contributed by atoms with van der Waals surface area (Å²) in [5, 5.41) is 21.2. The summed E-state index contributed by atoms with van der Waals surface area (Å²) in [5.41, 5.74) is 0.320. The molecule has 0 atom stereocenters. The lowest BCUT2D eigenvalue weighted by Crippen LogP contribution is -2.39. The molecule has 0 unspecified atom stereocenters. The smallest absolute Gasteiger partial charge is 0.281 e. The van der Waals surface area contributed by atoms with E-state index in [0.717, 1.165) is 11.1 Å². The van der Waals surface area contributed by atoms with Crippen molar-refractivity contribution in [2.24, 2.45) is 12.1 Å². The number of rotatable bonds is 4.